The van der Waals surface area contributed by atoms with Crippen molar-refractivity contribution in [1.29, 1.82) is 0 Å². The van der Waals surface area contributed by atoms with Crippen molar-refractivity contribution in [3.05, 3.63) is 0 Å². The first-order valence-electron chi connectivity index (χ1n) is 7.27. The lowest BCUT2D eigenvalue weighted by Gasteiger charge is -2.27. The summed E-state index contributed by atoms with van der Waals surface area (Å²) in [6, 6.07) is 0. The van der Waals surface area contributed by atoms with E-state index in [-0.39, 0.29) is 11.3 Å². The van der Waals surface area contributed by atoms with Crippen LogP contribution in [-0.2, 0) is 19.7 Å². The van der Waals surface area contributed by atoms with Crippen LogP contribution in [0.15, 0.2) is 0 Å². The van der Waals surface area contributed by atoms with Gasteiger partial charge in [-0.2, -0.15) is 17.0 Å². The van der Waals surface area contributed by atoms with E-state index in [1.807, 2.05) is 0 Å². The third-order valence-electron chi connectivity index (χ3n) is 4.72. The molecule has 0 N–H and O–H groups in total. The van der Waals surface area contributed by atoms with Crippen molar-refractivity contribution in [2.24, 2.45) is 17.3 Å². The van der Waals surface area contributed by atoms with Gasteiger partial charge in [0, 0.05) is 45.1 Å². The summed E-state index contributed by atoms with van der Waals surface area (Å²) in [5.41, 5.74) is -0.141. The molecule has 0 bridgehead atoms. The smallest absolute Gasteiger partial charge is 0.281 e. The number of hydrogen-bond acceptors (Lipinski definition) is 4. The SMILES string of the molecule is CN(C)S(=O)(=O)N1C[C@@H]2COC[C@]2(COCC2CC2)C1. The van der Waals surface area contributed by atoms with Gasteiger partial charge in [0.2, 0.25) is 0 Å². The van der Waals surface area contributed by atoms with E-state index in [4.69, 9.17) is 9.47 Å². The minimum absolute atomic E-state index is 0.141. The van der Waals surface area contributed by atoms with Gasteiger partial charge in [-0.15, -0.1) is 0 Å². The number of nitrogens with zero attached hydrogens (tertiary/aromatic N) is 2. The fraction of sp³-hybridized carbons (Fsp3) is 1.00. The molecule has 2 saturated heterocycles. The zero-order chi connectivity index (χ0) is 14.4. The maximum absolute atomic E-state index is 12.3. The van der Waals surface area contributed by atoms with Crippen molar-refractivity contribution >= 4 is 10.2 Å². The van der Waals surface area contributed by atoms with Crippen LogP contribution in [0.4, 0.5) is 0 Å². The van der Waals surface area contributed by atoms with Gasteiger partial charge in [0.25, 0.3) is 10.2 Å². The van der Waals surface area contributed by atoms with Crippen LogP contribution >= 0.6 is 0 Å². The summed E-state index contributed by atoms with van der Waals surface area (Å²) in [5, 5.41) is 0. The molecule has 6 nitrogen and oxygen atoms in total. The second-order valence-corrected chi connectivity index (χ2v) is 8.76. The van der Waals surface area contributed by atoms with Crippen LogP contribution in [0.2, 0.25) is 0 Å². The average Bonchev–Trinajstić information content (AvgIpc) is 2.98. The van der Waals surface area contributed by atoms with Gasteiger partial charge >= 0.3 is 0 Å². The lowest BCUT2D eigenvalue weighted by molar-refractivity contribution is 0.0263. The second-order valence-electron chi connectivity index (χ2n) is 6.62. The maximum atomic E-state index is 12.3. The van der Waals surface area contributed by atoms with Gasteiger partial charge in [-0.25, -0.2) is 0 Å². The highest BCUT2D eigenvalue weighted by Crippen LogP contribution is 2.43. The molecule has 3 fully saturated rings. The summed E-state index contributed by atoms with van der Waals surface area (Å²) in [6.45, 7) is 3.76. The Balaban J connectivity index is 1.66. The highest BCUT2D eigenvalue weighted by molar-refractivity contribution is 7.86. The van der Waals surface area contributed by atoms with E-state index in [0.717, 1.165) is 12.5 Å². The maximum Gasteiger partial charge on any atom is 0.281 e. The summed E-state index contributed by atoms with van der Waals surface area (Å²) in [4.78, 5) is 0. The van der Waals surface area contributed by atoms with E-state index in [1.54, 1.807) is 18.4 Å². The summed E-state index contributed by atoms with van der Waals surface area (Å²) in [5.74, 6) is 0.992. The van der Waals surface area contributed by atoms with Crippen molar-refractivity contribution in [1.82, 2.24) is 8.61 Å². The van der Waals surface area contributed by atoms with Crippen LogP contribution in [0.3, 0.4) is 0 Å². The fourth-order valence-electron chi connectivity index (χ4n) is 3.11. The van der Waals surface area contributed by atoms with Crippen LogP contribution in [0.1, 0.15) is 12.8 Å². The van der Waals surface area contributed by atoms with Crippen LogP contribution in [0.5, 0.6) is 0 Å². The van der Waals surface area contributed by atoms with Crippen LogP contribution in [0, 0.1) is 17.3 Å². The first-order valence-corrected chi connectivity index (χ1v) is 8.67. The van der Waals surface area contributed by atoms with Gasteiger partial charge < -0.3 is 9.47 Å². The summed E-state index contributed by atoms with van der Waals surface area (Å²) >= 11 is 0. The molecule has 116 valence electrons. The molecule has 0 spiro atoms. The first-order chi connectivity index (χ1) is 9.44. The van der Waals surface area contributed by atoms with E-state index in [1.165, 1.54) is 17.1 Å². The predicted octanol–water partition coefficient (Wildman–Crippen LogP) is 0.168. The zero-order valence-corrected chi connectivity index (χ0v) is 13.1. The van der Waals surface area contributed by atoms with E-state index >= 15 is 0 Å². The van der Waals surface area contributed by atoms with E-state index in [2.05, 4.69) is 0 Å². The van der Waals surface area contributed by atoms with Crippen LogP contribution in [0.25, 0.3) is 0 Å². The van der Waals surface area contributed by atoms with Crippen molar-refractivity contribution in [3.63, 3.8) is 0 Å². The predicted molar refractivity (Wildman–Crippen MR) is 74.5 cm³/mol. The van der Waals surface area contributed by atoms with Gasteiger partial charge in [-0.05, 0) is 18.8 Å². The molecule has 2 aliphatic heterocycles. The molecule has 0 aromatic heterocycles. The van der Waals surface area contributed by atoms with E-state index in [9.17, 15) is 8.42 Å². The zero-order valence-electron chi connectivity index (χ0n) is 12.2. The van der Waals surface area contributed by atoms with Crippen LogP contribution < -0.4 is 0 Å². The Morgan fingerprint density at radius 1 is 1.40 bits per heavy atom. The van der Waals surface area contributed by atoms with E-state index < -0.39 is 10.2 Å². The average molecular weight is 304 g/mol. The van der Waals surface area contributed by atoms with Gasteiger partial charge in [0.1, 0.15) is 0 Å². The standard InChI is InChI=1S/C13H24N2O4S/c1-14(2)20(16,17)15-5-12-7-19-10-13(12,8-15)9-18-6-11-3-4-11/h11-12H,3-10H2,1-2H3/t12-,13-/m1/s1. The Bertz CT molecular complexity index is 463. The lowest BCUT2D eigenvalue weighted by Crippen LogP contribution is -2.41. The molecule has 1 aliphatic carbocycles. The van der Waals surface area contributed by atoms with Crippen molar-refractivity contribution in [3.8, 4) is 0 Å². The monoisotopic (exact) mass is 304 g/mol. The Kier molecular flexibility index (Phi) is 3.83. The van der Waals surface area contributed by atoms with Gasteiger partial charge in [0.05, 0.1) is 19.8 Å². The fourth-order valence-corrected chi connectivity index (χ4v) is 4.36. The summed E-state index contributed by atoms with van der Waals surface area (Å²) in [6.07, 6.45) is 2.54. The van der Waals surface area contributed by atoms with Gasteiger partial charge in [-0.3, -0.25) is 0 Å². The Hall–Kier alpha value is -0.210. The number of fused-ring (bicyclic) bond motifs is 1. The molecule has 2 atom stereocenters. The van der Waals surface area contributed by atoms with Crippen molar-refractivity contribution in [2.45, 2.75) is 12.8 Å². The number of ether oxygens (including phenoxy) is 2. The molecule has 2 heterocycles. The Labute approximate surface area is 121 Å². The molecule has 3 rings (SSSR count). The quantitative estimate of drug-likeness (QED) is 0.702. The van der Waals surface area contributed by atoms with E-state index in [0.29, 0.717) is 32.9 Å². The topological polar surface area (TPSA) is 59.1 Å². The largest absolute Gasteiger partial charge is 0.380 e. The molecule has 0 radical (unpaired) electrons. The number of rotatable bonds is 6. The van der Waals surface area contributed by atoms with Gasteiger partial charge in [0.15, 0.2) is 0 Å². The molecule has 7 heteroatoms. The highest BCUT2D eigenvalue weighted by Gasteiger charge is 2.54. The number of hydrogen-bond donors (Lipinski definition) is 0. The van der Waals surface area contributed by atoms with Crippen LogP contribution in [-0.4, -0.2) is 70.6 Å². The normalized spacial score (nSPS) is 34.9. The van der Waals surface area contributed by atoms with Crippen molar-refractivity contribution < 1.29 is 17.9 Å². The lowest BCUT2D eigenvalue weighted by atomic mass is 9.82. The van der Waals surface area contributed by atoms with Crippen molar-refractivity contribution in [2.75, 3.05) is 53.6 Å². The van der Waals surface area contributed by atoms with Gasteiger partial charge in [-0.1, -0.05) is 0 Å². The molecule has 0 aromatic carbocycles. The molecular formula is C13H24N2O4S. The third-order valence-corrected chi connectivity index (χ3v) is 6.57. The minimum atomic E-state index is -3.33. The second kappa shape index (κ2) is 5.21. The molecule has 0 aromatic rings. The minimum Gasteiger partial charge on any atom is -0.380 e. The molecule has 0 unspecified atom stereocenters. The summed E-state index contributed by atoms with van der Waals surface area (Å²) in [7, 11) is -0.171. The first kappa shape index (κ1) is 14.7. The molecule has 0 amide bonds. The Morgan fingerprint density at radius 3 is 2.80 bits per heavy atom. The highest BCUT2D eigenvalue weighted by atomic mass is 32.2. The molecule has 20 heavy (non-hydrogen) atoms. The Morgan fingerprint density at radius 2 is 2.15 bits per heavy atom. The molecule has 1 saturated carbocycles. The molecular weight excluding hydrogens is 280 g/mol. The summed E-state index contributed by atoms with van der Waals surface area (Å²) < 4.78 is 38.9. The third kappa shape index (κ3) is 2.62. The molecule has 3 aliphatic rings.